The second kappa shape index (κ2) is 12.7. The van der Waals surface area contributed by atoms with Crippen molar-refractivity contribution in [3.8, 4) is 11.5 Å². The maximum atomic E-state index is 12.4. The minimum atomic E-state index is -0.215. The predicted molar refractivity (Wildman–Crippen MR) is 155 cm³/mol. The van der Waals surface area contributed by atoms with Gasteiger partial charge >= 0.3 is 0 Å². The predicted octanol–water partition coefficient (Wildman–Crippen LogP) is 7.00. The summed E-state index contributed by atoms with van der Waals surface area (Å²) in [6.07, 6.45) is 3.90. The van der Waals surface area contributed by atoms with Crippen molar-refractivity contribution in [1.29, 1.82) is 0 Å². The first-order chi connectivity index (χ1) is 18.3. The van der Waals surface area contributed by atoms with Crippen LogP contribution in [0.4, 0.5) is 5.69 Å². The molecule has 1 aromatic heterocycles. The minimum Gasteiger partial charge on any atom is -0.490 e. The van der Waals surface area contributed by atoms with Crippen molar-refractivity contribution in [2.24, 2.45) is 0 Å². The molecular weight excluding hydrogens is 521 g/mol. The molecule has 1 amide bonds. The second-order valence-corrected chi connectivity index (χ2v) is 9.62. The van der Waals surface area contributed by atoms with E-state index in [9.17, 15) is 4.79 Å². The normalized spacial score (nSPS) is 12.0. The summed E-state index contributed by atoms with van der Waals surface area (Å²) in [5, 5.41) is 4.78. The number of pyridine rings is 1. The fourth-order valence-corrected chi connectivity index (χ4v) is 4.32. The Kier molecular flexibility index (Phi) is 9.10. The largest absolute Gasteiger partial charge is 0.490 e. The molecule has 0 fully saturated rings. The van der Waals surface area contributed by atoms with Crippen LogP contribution in [0.25, 0.3) is 17.0 Å². The third kappa shape index (κ3) is 6.97. The van der Waals surface area contributed by atoms with Crippen molar-refractivity contribution in [3.05, 3.63) is 99.7 Å². The van der Waals surface area contributed by atoms with Crippen LogP contribution in [0, 0.1) is 6.92 Å². The van der Waals surface area contributed by atoms with Gasteiger partial charge in [0.25, 0.3) is 0 Å². The molecule has 0 saturated carbocycles. The van der Waals surface area contributed by atoms with Gasteiger partial charge in [-0.25, -0.2) is 4.98 Å². The number of fused-ring (bicyclic) bond motifs is 1. The van der Waals surface area contributed by atoms with Crippen molar-refractivity contribution in [2.75, 3.05) is 12.3 Å². The molecule has 3 aromatic carbocycles. The quantitative estimate of drug-likeness (QED) is 0.164. The number of hydrogen-bond donors (Lipinski definition) is 2. The van der Waals surface area contributed by atoms with Gasteiger partial charge in [-0.3, -0.25) is 4.79 Å². The van der Waals surface area contributed by atoms with Crippen LogP contribution in [0.2, 0.25) is 10.0 Å². The summed E-state index contributed by atoms with van der Waals surface area (Å²) in [5.74, 6) is 0.893. The number of halogens is 2. The van der Waals surface area contributed by atoms with Crippen LogP contribution in [0.15, 0.2) is 72.8 Å². The summed E-state index contributed by atoms with van der Waals surface area (Å²) in [6, 6.07) is 20.2. The molecule has 0 bridgehead atoms. The number of aromatic nitrogens is 1. The monoisotopic (exact) mass is 549 g/mol. The van der Waals surface area contributed by atoms with E-state index in [2.05, 4.69) is 10.3 Å². The molecule has 3 N–H and O–H groups in total. The van der Waals surface area contributed by atoms with E-state index in [1.54, 1.807) is 30.3 Å². The Balaban J connectivity index is 1.39. The first-order valence-electron chi connectivity index (χ1n) is 12.3. The van der Waals surface area contributed by atoms with Gasteiger partial charge in [0.1, 0.15) is 30.2 Å². The van der Waals surface area contributed by atoms with Gasteiger partial charge in [-0.05, 0) is 61.4 Å². The number of rotatable bonds is 10. The number of hydrogen-bond acceptors (Lipinski definition) is 5. The van der Waals surface area contributed by atoms with Gasteiger partial charge in [-0.15, -0.1) is 0 Å². The van der Waals surface area contributed by atoms with E-state index in [-0.39, 0.29) is 25.2 Å². The Morgan fingerprint density at radius 2 is 1.82 bits per heavy atom. The van der Waals surface area contributed by atoms with Crippen LogP contribution in [-0.4, -0.2) is 23.5 Å². The molecule has 4 aromatic rings. The lowest BCUT2D eigenvalue weighted by molar-refractivity contribution is -0.117. The zero-order chi connectivity index (χ0) is 27.1. The van der Waals surface area contributed by atoms with Gasteiger partial charge < -0.3 is 20.5 Å². The molecule has 6 nitrogen and oxygen atoms in total. The highest BCUT2D eigenvalue weighted by Crippen LogP contribution is 2.35. The average molecular weight is 550 g/mol. The molecule has 8 heteroatoms. The van der Waals surface area contributed by atoms with E-state index in [1.807, 2.05) is 56.3 Å². The Hall–Kier alpha value is -3.74. The first-order valence-corrected chi connectivity index (χ1v) is 13.0. The zero-order valence-corrected chi connectivity index (χ0v) is 22.7. The van der Waals surface area contributed by atoms with E-state index in [0.29, 0.717) is 39.2 Å². The van der Waals surface area contributed by atoms with Crippen LogP contribution >= 0.6 is 23.2 Å². The molecule has 0 aliphatic carbocycles. The maximum absolute atomic E-state index is 12.4. The number of nitrogens with one attached hydrogen (secondary N) is 1. The molecular formula is C30H29Cl2N3O3. The summed E-state index contributed by atoms with van der Waals surface area (Å²) in [4.78, 5) is 17.0. The Morgan fingerprint density at radius 3 is 2.58 bits per heavy atom. The highest BCUT2D eigenvalue weighted by atomic mass is 35.5. The van der Waals surface area contributed by atoms with Crippen LogP contribution in [-0.2, 0) is 11.4 Å². The minimum absolute atomic E-state index is 0.146. The molecule has 1 heterocycles. The molecule has 38 heavy (non-hydrogen) atoms. The van der Waals surface area contributed by atoms with Gasteiger partial charge in [0, 0.05) is 33.4 Å². The number of nitrogen functional groups attached to an aromatic ring is 1. The van der Waals surface area contributed by atoms with E-state index < -0.39 is 0 Å². The third-order valence-corrected chi connectivity index (χ3v) is 6.76. The number of nitrogens with two attached hydrogens (primary N) is 1. The highest BCUT2D eigenvalue weighted by molar-refractivity contribution is 6.36. The lowest BCUT2D eigenvalue weighted by Crippen LogP contribution is -2.37. The Bertz CT molecular complexity index is 1460. The average Bonchev–Trinajstić information content (AvgIpc) is 2.91. The van der Waals surface area contributed by atoms with Gasteiger partial charge in [0.2, 0.25) is 5.91 Å². The summed E-state index contributed by atoms with van der Waals surface area (Å²) in [5.41, 5.74) is 9.55. The second-order valence-electron chi connectivity index (χ2n) is 8.83. The Morgan fingerprint density at radius 1 is 1.03 bits per heavy atom. The number of carbonyl (C=O) groups is 1. The van der Waals surface area contributed by atoms with Gasteiger partial charge in [0.15, 0.2) is 0 Å². The van der Waals surface area contributed by atoms with Crippen molar-refractivity contribution >= 4 is 51.8 Å². The van der Waals surface area contributed by atoms with Gasteiger partial charge in [0.05, 0.1) is 11.1 Å². The standard InChI is InChI=1S/C30H29Cl2N3O3/c1-3-23(35-28(36)16-10-20-8-12-22(33)13-9-20)17-37-26-15-14-25(31)24(29(26)32)18-38-27-6-4-5-21-11-7-19(2)34-30(21)27/h4-16,23H,3,17-18,33H2,1-2H3,(H,35,36)/b16-10+. The molecule has 0 spiro atoms. The summed E-state index contributed by atoms with van der Waals surface area (Å²) < 4.78 is 12.1. The molecule has 0 aliphatic heterocycles. The van der Waals surface area contributed by atoms with E-state index in [0.717, 1.165) is 22.2 Å². The van der Waals surface area contributed by atoms with E-state index >= 15 is 0 Å². The van der Waals surface area contributed by atoms with Crippen molar-refractivity contribution in [1.82, 2.24) is 10.3 Å². The van der Waals surface area contributed by atoms with Crippen LogP contribution < -0.4 is 20.5 Å². The van der Waals surface area contributed by atoms with E-state index in [4.69, 9.17) is 38.4 Å². The van der Waals surface area contributed by atoms with Crippen molar-refractivity contribution in [3.63, 3.8) is 0 Å². The van der Waals surface area contributed by atoms with Crippen LogP contribution in [0.3, 0.4) is 0 Å². The van der Waals surface area contributed by atoms with Crippen LogP contribution in [0.1, 0.15) is 30.2 Å². The summed E-state index contributed by atoms with van der Waals surface area (Å²) >= 11 is 13.1. The number of anilines is 1. The molecule has 4 rings (SSSR count). The lowest BCUT2D eigenvalue weighted by Gasteiger charge is -2.19. The number of nitrogens with zero attached hydrogens (tertiary/aromatic N) is 1. The molecule has 0 aliphatic rings. The number of carbonyl (C=O) groups excluding carboxylic acids is 1. The lowest BCUT2D eigenvalue weighted by atomic mass is 10.2. The topological polar surface area (TPSA) is 86.5 Å². The third-order valence-electron chi connectivity index (χ3n) is 5.99. The molecule has 1 unspecified atom stereocenters. The molecule has 0 saturated heterocycles. The fourth-order valence-electron chi connectivity index (χ4n) is 3.78. The van der Waals surface area contributed by atoms with Crippen molar-refractivity contribution in [2.45, 2.75) is 32.9 Å². The number of para-hydroxylation sites is 1. The molecule has 0 radical (unpaired) electrons. The van der Waals surface area contributed by atoms with Crippen LogP contribution in [0.5, 0.6) is 11.5 Å². The van der Waals surface area contributed by atoms with Gasteiger partial charge in [-0.2, -0.15) is 0 Å². The van der Waals surface area contributed by atoms with Gasteiger partial charge in [-0.1, -0.05) is 60.5 Å². The molecule has 196 valence electrons. The SMILES string of the molecule is CCC(COc1ccc(Cl)c(COc2cccc3ccc(C)nc23)c1Cl)NC(=O)/C=C/c1ccc(N)cc1. The molecule has 1 atom stereocenters. The summed E-state index contributed by atoms with van der Waals surface area (Å²) in [6.45, 7) is 4.30. The Labute approximate surface area is 232 Å². The number of amides is 1. The first kappa shape index (κ1) is 27.3. The fraction of sp³-hybridized carbons (Fsp3) is 0.200. The van der Waals surface area contributed by atoms with Crippen molar-refractivity contribution < 1.29 is 14.3 Å². The summed E-state index contributed by atoms with van der Waals surface area (Å²) in [7, 11) is 0. The maximum Gasteiger partial charge on any atom is 0.244 e. The number of ether oxygens (including phenoxy) is 2. The number of aryl methyl sites for hydroxylation is 1. The van der Waals surface area contributed by atoms with E-state index in [1.165, 1.54) is 6.08 Å². The number of benzene rings is 3. The smallest absolute Gasteiger partial charge is 0.244 e. The highest BCUT2D eigenvalue weighted by Gasteiger charge is 2.16. The zero-order valence-electron chi connectivity index (χ0n) is 21.2.